The van der Waals surface area contributed by atoms with Crippen LogP contribution in [0, 0.1) is 0 Å². The molecule has 158 valence electrons. The highest BCUT2D eigenvalue weighted by atomic mass is 35.5. The monoisotopic (exact) mass is 435 g/mol. The Hall–Kier alpha value is -3.45. The number of hydrogen-bond donors (Lipinski definition) is 1. The number of amides is 1. The van der Waals surface area contributed by atoms with Crippen molar-refractivity contribution in [3.8, 4) is 11.4 Å². The molecule has 0 radical (unpaired) electrons. The quantitative estimate of drug-likeness (QED) is 0.431. The number of benzene rings is 2. The molecule has 0 saturated carbocycles. The van der Waals surface area contributed by atoms with Gasteiger partial charge < -0.3 is 9.84 Å². The fourth-order valence-corrected chi connectivity index (χ4v) is 3.24. The normalized spacial score (nSPS) is 10.9. The standard InChI is InChI=1S/C23H22ClN5O2/c1-2-16-3-5-17(6-4-16)15-29-20(13-14-25-29)26-21(30)11-12-22-27-23(28-31-22)18-7-9-19(24)10-8-18/h3-10,13-14H,2,11-12,15H2,1H3,(H,26,30). The van der Waals surface area contributed by atoms with E-state index in [0.717, 1.165) is 17.5 Å². The van der Waals surface area contributed by atoms with Crippen molar-refractivity contribution in [1.82, 2.24) is 19.9 Å². The van der Waals surface area contributed by atoms with Gasteiger partial charge in [-0.05, 0) is 41.8 Å². The maximum atomic E-state index is 12.4. The molecule has 0 aliphatic rings. The van der Waals surface area contributed by atoms with E-state index in [9.17, 15) is 4.79 Å². The second-order valence-electron chi connectivity index (χ2n) is 7.11. The van der Waals surface area contributed by atoms with Crippen LogP contribution in [0.4, 0.5) is 5.82 Å². The molecule has 2 heterocycles. The summed E-state index contributed by atoms with van der Waals surface area (Å²) >= 11 is 5.90. The average Bonchev–Trinajstić information content (AvgIpc) is 3.43. The molecule has 7 nitrogen and oxygen atoms in total. The molecule has 4 rings (SSSR count). The molecule has 31 heavy (non-hydrogen) atoms. The number of carbonyl (C=O) groups is 1. The highest BCUT2D eigenvalue weighted by molar-refractivity contribution is 6.30. The lowest BCUT2D eigenvalue weighted by Gasteiger charge is -2.09. The molecule has 0 aliphatic carbocycles. The van der Waals surface area contributed by atoms with Gasteiger partial charge in [-0.3, -0.25) is 4.79 Å². The van der Waals surface area contributed by atoms with Crippen LogP contribution in [0.1, 0.15) is 30.4 Å². The first-order valence-corrected chi connectivity index (χ1v) is 10.5. The number of halogens is 1. The third kappa shape index (κ3) is 5.38. The summed E-state index contributed by atoms with van der Waals surface area (Å²) in [5.41, 5.74) is 3.22. The molecule has 1 N–H and O–H groups in total. The van der Waals surface area contributed by atoms with Crippen molar-refractivity contribution < 1.29 is 9.32 Å². The molecule has 8 heteroatoms. The van der Waals surface area contributed by atoms with E-state index in [1.54, 1.807) is 29.1 Å². The van der Waals surface area contributed by atoms with E-state index in [2.05, 4.69) is 51.7 Å². The van der Waals surface area contributed by atoms with Gasteiger partial charge in [-0.2, -0.15) is 10.1 Å². The summed E-state index contributed by atoms with van der Waals surface area (Å²) in [6, 6.07) is 17.3. The first kappa shape index (κ1) is 20.8. The largest absolute Gasteiger partial charge is 0.339 e. The summed E-state index contributed by atoms with van der Waals surface area (Å²) in [6.45, 7) is 2.71. The predicted octanol–water partition coefficient (Wildman–Crippen LogP) is 4.77. The van der Waals surface area contributed by atoms with Crippen LogP contribution in [0.15, 0.2) is 65.3 Å². The summed E-state index contributed by atoms with van der Waals surface area (Å²) in [5, 5.41) is 11.8. The third-order valence-electron chi connectivity index (χ3n) is 4.88. The van der Waals surface area contributed by atoms with Crippen LogP contribution in [-0.4, -0.2) is 25.8 Å². The van der Waals surface area contributed by atoms with E-state index in [1.807, 2.05) is 12.1 Å². The fraction of sp³-hybridized carbons (Fsp3) is 0.217. The second-order valence-corrected chi connectivity index (χ2v) is 7.55. The zero-order chi connectivity index (χ0) is 21.6. The van der Waals surface area contributed by atoms with Gasteiger partial charge in [-0.15, -0.1) is 0 Å². The van der Waals surface area contributed by atoms with Crippen molar-refractivity contribution in [2.24, 2.45) is 0 Å². The van der Waals surface area contributed by atoms with Gasteiger partial charge in [0.15, 0.2) is 0 Å². The molecule has 0 spiro atoms. The first-order valence-electron chi connectivity index (χ1n) is 10.1. The van der Waals surface area contributed by atoms with Crippen LogP contribution in [0.2, 0.25) is 5.02 Å². The summed E-state index contributed by atoms with van der Waals surface area (Å²) in [4.78, 5) is 16.8. The van der Waals surface area contributed by atoms with Gasteiger partial charge in [0.1, 0.15) is 5.82 Å². The van der Waals surface area contributed by atoms with Gasteiger partial charge in [0.25, 0.3) is 0 Å². The van der Waals surface area contributed by atoms with Gasteiger partial charge in [0.05, 0.1) is 12.7 Å². The Bertz CT molecular complexity index is 1150. The molecule has 0 saturated heterocycles. The minimum atomic E-state index is -0.144. The third-order valence-corrected chi connectivity index (χ3v) is 5.14. The van der Waals surface area contributed by atoms with Crippen molar-refractivity contribution in [2.75, 3.05) is 5.32 Å². The van der Waals surface area contributed by atoms with Crippen molar-refractivity contribution in [2.45, 2.75) is 32.7 Å². The molecular weight excluding hydrogens is 414 g/mol. The lowest BCUT2D eigenvalue weighted by atomic mass is 10.1. The number of nitrogens with zero attached hydrogens (tertiary/aromatic N) is 4. The number of rotatable bonds is 8. The maximum absolute atomic E-state index is 12.4. The predicted molar refractivity (Wildman–Crippen MR) is 119 cm³/mol. The molecule has 2 aromatic heterocycles. The molecular formula is C23H22ClN5O2. The Morgan fingerprint density at radius 1 is 1.06 bits per heavy atom. The molecule has 4 aromatic rings. The van der Waals surface area contributed by atoms with Crippen molar-refractivity contribution in [1.29, 1.82) is 0 Å². The first-order chi connectivity index (χ1) is 15.1. The van der Waals surface area contributed by atoms with Gasteiger partial charge in [0, 0.05) is 29.5 Å². The minimum absolute atomic E-state index is 0.144. The van der Waals surface area contributed by atoms with Crippen molar-refractivity contribution in [3.63, 3.8) is 0 Å². The van der Waals surface area contributed by atoms with Gasteiger partial charge in [-0.1, -0.05) is 47.9 Å². The number of aromatic nitrogens is 4. The number of anilines is 1. The van der Waals surface area contributed by atoms with Crippen LogP contribution in [0.5, 0.6) is 0 Å². The lowest BCUT2D eigenvalue weighted by molar-refractivity contribution is -0.116. The number of hydrogen-bond acceptors (Lipinski definition) is 5. The number of aryl methyl sites for hydroxylation is 2. The zero-order valence-corrected chi connectivity index (χ0v) is 17.8. The zero-order valence-electron chi connectivity index (χ0n) is 17.1. The van der Waals surface area contributed by atoms with Crippen molar-refractivity contribution >= 4 is 23.3 Å². The average molecular weight is 436 g/mol. The highest BCUT2D eigenvalue weighted by Gasteiger charge is 2.12. The van der Waals surface area contributed by atoms with E-state index >= 15 is 0 Å². The SMILES string of the molecule is CCc1ccc(Cn2nccc2NC(=O)CCc2nc(-c3ccc(Cl)cc3)no2)cc1. The van der Waals surface area contributed by atoms with E-state index in [0.29, 0.717) is 35.5 Å². The van der Waals surface area contributed by atoms with Gasteiger partial charge >= 0.3 is 0 Å². The van der Waals surface area contributed by atoms with Crippen LogP contribution < -0.4 is 5.32 Å². The topological polar surface area (TPSA) is 85.8 Å². The maximum Gasteiger partial charge on any atom is 0.227 e. The van der Waals surface area contributed by atoms with Crippen LogP contribution in [0.3, 0.4) is 0 Å². The number of carbonyl (C=O) groups excluding carboxylic acids is 1. The second kappa shape index (κ2) is 9.57. The molecule has 2 aromatic carbocycles. The van der Waals surface area contributed by atoms with Crippen molar-refractivity contribution in [3.05, 3.63) is 82.8 Å². The summed E-state index contributed by atoms with van der Waals surface area (Å²) in [7, 11) is 0. The summed E-state index contributed by atoms with van der Waals surface area (Å²) in [6.07, 6.45) is 3.24. The smallest absolute Gasteiger partial charge is 0.227 e. The molecule has 0 atom stereocenters. The Kier molecular flexibility index (Phi) is 6.43. The van der Waals surface area contributed by atoms with Crippen LogP contribution >= 0.6 is 11.6 Å². The van der Waals surface area contributed by atoms with E-state index in [1.165, 1.54) is 5.56 Å². The van der Waals surface area contributed by atoms with E-state index in [4.69, 9.17) is 16.1 Å². The van der Waals surface area contributed by atoms with Gasteiger partial charge in [-0.25, -0.2) is 4.68 Å². The Labute approximate surface area is 185 Å². The van der Waals surface area contributed by atoms with Crippen LogP contribution in [-0.2, 0) is 24.2 Å². The fourth-order valence-electron chi connectivity index (χ4n) is 3.12. The summed E-state index contributed by atoms with van der Waals surface area (Å²) in [5.74, 6) is 1.38. The molecule has 0 aliphatic heterocycles. The van der Waals surface area contributed by atoms with E-state index in [-0.39, 0.29) is 12.3 Å². The van der Waals surface area contributed by atoms with Gasteiger partial charge in [0.2, 0.25) is 17.6 Å². The van der Waals surface area contributed by atoms with E-state index < -0.39 is 0 Å². The highest BCUT2D eigenvalue weighted by Crippen LogP contribution is 2.19. The minimum Gasteiger partial charge on any atom is -0.339 e. The Morgan fingerprint density at radius 3 is 2.55 bits per heavy atom. The summed E-state index contributed by atoms with van der Waals surface area (Å²) < 4.78 is 7.03. The molecule has 0 bridgehead atoms. The number of nitrogens with one attached hydrogen (secondary N) is 1. The Morgan fingerprint density at radius 2 is 1.81 bits per heavy atom. The lowest BCUT2D eigenvalue weighted by Crippen LogP contribution is -2.16. The molecule has 1 amide bonds. The van der Waals surface area contributed by atoms with Crippen LogP contribution in [0.25, 0.3) is 11.4 Å². The Balaban J connectivity index is 1.32. The molecule has 0 unspecified atom stereocenters. The molecule has 0 fully saturated rings.